The summed E-state index contributed by atoms with van der Waals surface area (Å²) < 4.78 is 26.5. The van der Waals surface area contributed by atoms with Crippen LogP contribution in [0.15, 0.2) is 48.5 Å². The maximum atomic E-state index is 13.4. The minimum Gasteiger partial charge on any atom is -0.352 e. The molecule has 3 rings (SSSR count). The molecule has 1 atom stereocenters. The molecule has 4 nitrogen and oxygen atoms in total. The maximum absolute atomic E-state index is 13.4. The molecule has 0 radical (unpaired) electrons. The Morgan fingerprint density at radius 1 is 0.970 bits per heavy atom. The first-order valence-electron chi connectivity index (χ1n) is 11.6. The smallest absolute Gasteiger partial charge is 0.243 e. The second-order valence-corrected chi connectivity index (χ2v) is 9.52. The zero-order valence-electron chi connectivity index (χ0n) is 19.1. The van der Waals surface area contributed by atoms with Gasteiger partial charge in [-0.05, 0) is 54.7 Å². The molecule has 1 saturated carbocycles. The number of halogens is 2. The minimum absolute atomic E-state index is 0.122. The van der Waals surface area contributed by atoms with Crippen molar-refractivity contribution in [3.63, 3.8) is 0 Å². The van der Waals surface area contributed by atoms with Crippen molar-refractivity contribution in [3.8, 4) is 0 Å². The minimum atomic E-state index is -0.587. The predicted octanol–water partition coefficient (Wildman–Crippen LogP) is 5.45. The number of carbonyl (C=O) groups excluding carboxylic acids is 2. The Balaban J connectivity index is 1.68. The van der Waals surface area contributed by atoms with E-state index in [9.17, 15) is 18.4 Å². The van der Waals surface area contributed by atoms with Crippen LogP contribution in [0.25, 0.3) is 0 Å². The Hall–Kier alpha value is -2.41. The molecule has 0 bridgehead atoms. The first-order chi connectivity index (χ1) is 16.0. The number of benzene rings is 2. The van der Waals surface area contributed by atoms with Crippen LogP contribution in [0.2, 0.25) is 0 Å². The molecule has 7 heteroatoms. The molecule has 2 amide bonds. The molecule has 0 aromatic heterocycles. The Morgan fingerprint density at radius 2 is 1.55 bits per heavy atom. The summed E-state index contributed by atoms with van der Waals surface area (Å²) in [6, 6.07) is 11.8. The van der Waals surface area contributed by atoms with Crippen LogP contribution < -0.4 is 5.32 Å². The molecule has 0 spiro atoms. The van der Waals surface area contributed by atoms with Gasteiger partial charge in [0.1, 0.15) is 17.7 Å². The molecule has 0 unspecified atom stereocenters. The lowest BCUT2D eigenvalue weighted by Gasteiger charge is -2.32. The molecule has 33 heavy (non-hydrogen) atoms. The molecular formula is C26H32F2N2O2S. The quantitative estimate of drug-likeness (QED) is 0.498. The summed E-state index contributed by atoms with van der Waals surface area (Å²) in [5.41, 5.74) is 1.71. The fourth-order valence-electron chi connectivity index (χ4n) is 4.17. The molecule has 1 fully saturated rings. The molecule has 2 aromatic carbocycles. The Kier molecular flexibility index (Phi) is 9.73. The number of nitrogens with one attached hydrogen (secondary N) is 1. The van der Waals surface area contributed by atoms with E-state index < -0.39 is 6.04 Å². The zero-order valence-corrected chi connectivity index (χ0v) is 19.9. The van der Waals surface area contributed by atoms with Crippen molar-refractivity contribution in [2.24, 2.45) is 0 Å². The van der Waals surface area contributed by atoms with E-state index in [1.807, 2.05) is 6.92 Å². The van der Waals surface area contributed by atoms with E-state index in [2.05, 4.69) is 5.32 Å². The van der Waals surface area contributed by atoms with E-state index in [0.29, 0.717) is 12.2 Å². The second-order valence-electron chi connectivity index (χ2n) is 8.53. The summed E-state index contributed by atoms with van der Waals surface area (Å²) in [4.78, 5) is 28.0. The van der Waals surface area contributed by atoms with Gasteiger partial charge in [0.2, 0.25) is 11.8 Å². The summed E-state index contributed by atoms with van der Waals surface area (Å²) in [5.74, 6) is -0.123. The lowest BCUT2D eigenvalue weighted by Crippen LogP contribution is -2.52. The monoisotopic (exact) mass is 474 g/mol. The van der Waals surface area contributed by atoms with Gasteiger partial charge in [-0.15, -0.1) is 11.8 Å². The lowest BCUT2D eigenvalue weighted by molar-refractivity contribution is -0.139. The number of amides is 2. The molecule has 1 aliphatic rings. The van der Waals surface area contributed by atoms with E-state index in [0.717, 1.165) is 36.8 Å². The van der Waals surface area contributed by atoms with Crippen molar-refractivity contribution in [1.82, 2.24) is 10.2 Å². The first-order valence-corrected chi connectivity index (χ1v) is 12.8. The molecular weight excluding hydrogens is 442 g/mol. The van der Waals surface area contributed by atoms with E-state index in [1.165, 1.54) is 42.4 Å². The van der Waals surface area contributed by atoms with Gasteiger partial charge in [0.25, 0.3) is 0 Å². The van der Waals surface area contributed by atoms with Gasteiger partial charge in [0.05, 0.1) is 5.75 Å². The highest BCUT2D eigenvalue weighted by Crippen LogP contribution is 2.20. The first kappa shape index (κ1) is 25.2. The third kappa shape index (κ3) is 7.84. The SMILES string of the molecule is CC[C@H](C(=O)NC1CCCCC1)N(Cc1ccc(F)cc1)C(=O)CSCc1ccc(F)cc1. The predicted molar refractivity (Wildman–Crippen MR) is 129 cm³/mol. The van der Waals surface area contributed by atoms with Crippen LogP contribution in [0.1, 0.15) is 56.6 Å². The highest BCUT2D eigenvalue weighted by Gasteiger charge is 2.30. The molecule has 1 aliphatic carbocycles. The molecule has 178 valence electrons. The third-order valence-corrected chi connectivity index (χ3v) is 7.00. The van der Waals surface area contributed by atoms with Crippen molar-refractivity contribution < 1.29 is 18.4 Å². The van der Waals surface area contributed by atoms with E-state index in [1.54, 1.807) is 29.2 Å². The fraction of sp³-hybridized carbons (Fsp3) is 0.462. The van der Waals surface area contributed by atoms with Crippen molar-refractivity contribution in [3.05, 3.63) is 71.3 Å². The molecule has 0 heterocycles. The van der Waals surface area contributed by atoms with Gasteiger partial charge in [-0.3, -0.25) is 9.59 Å². The Bertz CT molecular complexity index is 900. The van der Waals surface area contributed by atoms with Gasteiger partial charge in [-0.2, -0.15) is 0 Å². The summed E-state index contributed by atoms with van der Waals surface area (Å²) in [7, 11) is 0. The van der Waals surface area contributed by atoms with Crippen molar-refractivity contribution in [1.29, 1.82) is 0 Å². The number of carbonyl (C=O) groups is 2. The standard InChI is InChI=1S/C26H32F2N2O2S/c1-2-24(26(32)29-23-6-4-3-5-7-23)30(16-19-8-12-21(27)13-9-19)25(31)18-33-17-20-10-14-22(28)15-11-20/h8-15,23-24H,2-7,16-18H2,1H3,(H,29,32)/t24-/m1/s1. The van der Waals surface area contributed by atoms with Gasteiger partial charge in [0.15, 0.2) is 0 Å². The van der Waals surface area contributed by atoms with Gasteiger partial charge in [-0.1, -0.05) is 50.5 Å². The lowest BCUT2D eigenvalue weighted by atomic mass is 9.95. The van der Waals surface area contributed by atoms with Crippen LogP contribution in [-0.4, -0.2) is 34.6 Å². The Labute approximate surface area is 199 Å². The number of rotatable bonds is 10. The van der Waals surface area contributed by atoms with Crippen molar-refractivity contribution >= 4 is 23.6 Å². The topological polar surface area (TPSA) is 49.4 Å². The normalized spacial score (nSPS) is 15.1. The maximum Gasteiger partial charge on any atom is 0.243 e. The molecule has 0 saturated heterocycles. The van der Waals surface area contributed by atoms with Gasteiger partial charge in [-0.25, -0.2) is 8.78 Å². The van der Waals surface area contributed by atoms with Crippen LogP contribution in [-0.2, 0) is 21.9 Å². The van der Waals surface area contributed by atoms with Gasteiger partial charge >= 0.3 is 0 Å². The van der Waals surface area contributed by atoms with Crippen LogP contribution in [0.4, 0.5) is 8.78 Å². The van der Waals surface area contributed by atoms with Gasteiger partial charge < -0.3 is 10.2 Å². The fourth-order valence-corrected chi connectivity index (χ4v) is 5.04. The van der Waals surface area contributed by atoms with Crippen molar-refractivity contribution in [2.45, 2.75) is 69.8 Å². The summed E-state index contributed by atoms with van der Waals surface area (Å²) >= 11 is 1.43. The van der Waals surface area contributed by atoms with Crippen molar-refractivity contribution in [2.75, 3.05) is 5.75 Å². The molecule has 1 N–H and O–H groups in total. The summed E-state index contributed by atoms with van der Waals surface area (Å²) in [6.07, 6.45) is 5.86. The Morgan fingerprint density at radius 3 is 2.12 bits per heavy atom. The largest absolute Gasteiger partial charge is 0.352 e. The number of hydrogen-bond acceptors (Lipinski definition) is 3. The zero-order chi connectivity index (χ0) is 23.6. The highest BCUT2D eigenvalue weighted by molar-refractivity contribution is 7.99. The number of nitrogens with zero attached hydrogens (tertiary/aromatic N) is 1. The number of hydrogen-bond donors (Lipinski definition) is 1. The van der Waals surface area contributed by atoms with E-state index in [-0.39, 0.29) is 41.8 Å². The third-order valence-electron chi connectivity index (χ3n) is 6.01. The van der Waals surface area contributed by atoms with Gasteiger partial charge in [0, 0.05) is 18.3 Å². The highest BCUT2D eigenvalue weighted by atomic mass is 32.2. The van der Waals surface area contributed by atoms with Crippen LogP contribution >= 0.6 is 11.8 Å². The summed E-state index contributed by atoms with van der Waals surface area (Å²) in [5, 5.41) is 3.15. The van der Waals surface area contributed by atoms with Crippen LogP contribution in [0.3, 0.4) is 0 Å². The number of thioether (sulfide) groups is 1. The van der Waals surface area contributed by atoms with E-state index >= 15 is 0 Å². The van der Waals surface area contributed by atoms with Crippen LogP contribution in [0.5, 0.6) is 0 Å². The molecule has 2 aromatic rings. The summed E-state index contributed by atoms with van der Waals surface area (Å²) in [6.45, 7) is 2.15. The van der Waals surface area contributed by atoms with E-state index in [4.69, 9.17) is 0 Å². The average Bonchev–Trinajstić information content (AvgIpc) is 2.82. The van der Waals surface area contributed by atoms with Crippen LogP contribution in [0, 0.1) is 11.6 Å². The average molecular weight is 475 g/mol. The molecule has 0 aliphatic heterocycles. The second kappa shape index (κ2) is 12.7.